The van der Waals surface area contributed by atoms with E-state index in [0.29, 0.717) is 27.1 Å². The number of carbonyl (C=O) groups excluding carboxylic acids is 3. The van der Waals surface area contributed by atoms with E-state index < -0.39 is 108 Å². The molecule has 0 spiro atoms. The molecule has 2 aromatic carbocycles. The summed E-state index contributed by atoms with van der Waals surface area (Å²) in [5.74, 6) is 1.18. The number of hydrogen-bond acceptors (Lipinski definition) is 26. The number of rotatable bonds is 19. The van der Waals surface area contributed by atoms with Gasteiger partial charge in [-0.15, -0.1) is 6.42 Å². The molecule has 0 fully saturated rings. The molecule has 8 rings (SSSR count). The number of sulfone groups is 1. The van der Waals surface area contributed by atoms with E-state index in [2.05, 4.69) is 88.4 Å². The van der Waals surface area contributed by atoms with E-state index in [1.165, 1.54) is 94.1 Å². The van der Waals surface area contributed by atoms with Crippen molar-refractivity contribution in [3.63, 3.8) is 0 Å². The molecule has 33 nitrogen and oxygen atoms in total. The van der Waals surface area contributed by atoms with Crippen LogP contribution < -0.4 is 58.9 Å². The van der Waals surface area contributed by atoms with Crippen LogP contribution in [0.25, 0.3) is 0 Å². The van der Waals surface area contributed by atoms with E-state index in [1.807, 2.05) is 9.88 Å². The average molecular weight is 1470 g/mol. The van der Waals surface area contributed by atoms with E-state index in [-0.39, 0.29) is 77.0 Å². The molecule has 0 saturated carbocycles. The SMILES string of the molecule is C#CCN1C(=O)COc2cc(F)c(/N=c3\snc4n3CC(C)(C)C4)cc21.CCS(=O)(=O)c1cccnc1S(=O)(=O)NC(=O)Nc1nc(OC)cc(OC)n1.COc1nc(C)nc(NC(=O)NS(=O)(=O)c2ccccc2CCC(F)(F)F)n1.C[S+](C)C.O=C(O)CNCP(=O)([O-])O. The highest BCUT2D eigenvalue weighted by Crippen LogP contribution is 2.38. The number of benzene rings is 2. The Morgan fingerprint density at radius 2 is 1.50 bits per heavy atom. The molecule has 524 valence electrons. The number of terminal acetylenes is 1. The van der Waals surface area contributed by atoms with Crippen LogP contribution in [0.15, 0.2) is 80.6 Å². The molecule has 5 amide bonds. The number of nitrogens with zero attached hydrogens (tertiary/aromatic N) is 10. The number of aryl methyl sites for hydroxylation is 2. The Hall–Kier alpha value is -8.69. The van der Waals surface area contributed by atoms with E-state index in [1.54, 1.807) is 9.44 Å². The van der Waals surface area contributed by atoms with Gasteiger partial charge in [0.15, 0.2) is 27.3 Å². The number of alkyl halides is 3. The predicted octanol–water partition coefficient (Wildman–Crippen LogP) is 3.30. The van der Waals surface area contributed by atoms with E-state index in [9.17, 15) is 71.5 Å². The van der Waals surface area contributed by atoms with Crippen LogP contribution in [0.5, 0.6) is 23.5 Å². The molecule has 7 N–H and O–H groups in total. The number of nitrogens with one attached hydrogen (secondary N) is 5. The smallest absolute Gasteiger partial charge is 0.389 e. The number of hydrogen-bond donors (Lipinski definition) is 7. The van der Waals surface area contributed by atoms with Gasteiger partial charge in [-0.05, 0) is 59.5 Å². The summed E-state index contributed by atoms with van der Waals surface area (Å²) in [6.45, 7) is 7.43. The van der Waals surface area contributed by atoms with E-state index in [0.717, 1.165) is 37.1 Å². The molecule has 0 aliphatic carbocycles. The van der Waals surface area contributed by atoms with E-state index >= 15 is 0 Å². The molecular formula is C53H66F4N15O18PS5. The zero-order valence-electron chi connectivity index (χ0n) is 52.6. The van der Waals surface area contributed by atoms with Gasteiger partial charge in [0.05, 0.1) is 81.9 Å². The fraction of sp³-hybridized carbons (Fsp3) is 0.396. The van der Waals surface area contributed by atoms with Crippen LogP contribution in [0, 0.1) is 30.5 Å². The zero-order chi connectivity index (χ0) is 72.1. The van der Waals surface area contributed by atoms with Crippen molar-refractivity contribution < 1.29 is 100 Å². The Bertz CT molecular complexity index is 4270. The van der Waals surface area contributed by atoms with Gasteiger partial charge in [0, 0.05) is 43.2 Å². The van der Waals surface area contributed by atoms with Crippen molar-refractivity contribution in [3.05, 3.63) is 88.6 Å². The molecule has 0 bridgehead atoms. The number of carboxylic acid groups (broad SMARTS) is 1. The van der Waals surface area contributed by atoms with Gasteiger partial charge >= 0.3 is 30.2 Å². The third-order valence-corrected chi connectivity index (χ3v) is 17.6. The van der Waals surface area contributed by atoms with Crippen LogP contribution in [-0.4, -0.2) is 176 Å². The van der Waals surface area contributed by atoms with Crippen LogP contribution in [0.1, 0.15) is 44.4 Å². The summed E-state index contributed by atoms with van der Waals surface area (Å²) in [7, 11) is -12.7. The fourth-order valence-corrected chi connectivity index (χ4v) is 12.5. The predicted molar refractivity (Wildman–Crippen MR) is 339 cm³/mol. The van der Waals surface area contributed by atoms with Crippen molar-refractivity contribution in [2.24, 2.45) is 10.4 Å². The van der Waals surface area contributed by atoms with Gasteiger partial charge in [-0.3, -0.25) is 30.4 Å². The number of halogens is 4. The number of carbonyl (C=O) groups is 4. The molecule has 96 heavy (non-hydrogen) atoms. The lowest BCUT2D eigenvalue weighted by Gasteiger charge is -2.28. The Kier molecular flexibility index (Phi) is 28.9. The molecule has 0 saturated heterocycles. The van der Waals surface area contributed by atoms with Gasteiger partial charge in [0.25, 0.3) is 26.0 Å². The molecule has 0 radical (unpaired) electrons. The molecular weight excluding hydrogens is 1400 g/mol. The van der Waals surface area contributed by atoms with Crippen LogP contribution in [0.3, 0.4) is 0 Å². The minimum Gasteiger partial charge on any atom is -0.778 e. The number of sulfonamides is 2. The number of anilines is 3. The summed E-state index contributed by atoms with van der Waals surface area (Å²) in [5, 5.41) is 13.4. The van der Waals surface area contributed by atoms with Gasteiger partial charge < -0.3 is 43.0 Å². The lowest BCUT2D eigenvalue weighted by Crippen LogP contribution is -2.39. The van der Waals surface area contributed by atoms with Gasteiger partial charge in [0.1, 0.15) is 35.6 Å². The molecule has 4 aromatic heterocycles. The average Bonchev–Trinajstić information content (AvgIpc) is 0.808. The minimum atomic E-state index is -4.61. The van der Waals surface area contributed by atoms with Crippen molar-refractivity contribution in [2.45, 2.75) is 74.5 Å². The lowest BCUT2D eigenvalue weighted by molar-refractivity contribution is -0.193. The highest BCUT2D eigenvalue weighted by Gasteiger charge is 2.33. The van der Waals surface area contributed by atoms with Gasteiger partial charge in [0.2, 0.25) is 28.5 Å². The van der Waals surface area contributed by atoms with Crippen LogP contribution >= 0.6 is 19.1 Å². The monoisotopic (exact) mass is 1470 g/mol. The van der Waals surface area contributed by atoms with Crippen molar-refractivity contribution in [2.75, 3.05) is 87.4 Å². The Morgan fingerprint density at radius 3 is 2.06 bits per heavy atom. The lowest BCUT2D eigenvalue weighted by atomic mass is 9.92. The van der Waals surface area contributed by atoms with Crippen molar-refractivity contribution in [3.8, 4) is 35.9 Å². The van der Waals surface area contributed by atoms with E-state index in [4.69, 9.17) is 35.4 Å². The molecule has 6 heterocycles. The van der Waals surface area contributed by atoms with Crippen molar-refractivity contribution in [1.82, 2.24) is 53.6 Å². The Labute approximate surface area is 555 Å². The molecule has 1 unspecified atom stereocenters. The number of fused-ring (bicyclic) bond motifs is 2. The molecule has 6 aromatic rings. The number of amides is 5. The fourth-order valence-electron chi connectivity index (χ4n) is 7.64. The first-order valence-corrected chi connectivity index (χ1v) is 36.7. The second-order valence-electron chi connectivity index (χ2n) is 20.5. The molecule has 2 aliphatic heterocycles. The first kappa shape index (κ1) is 79.7. The molecule has 2 aliphatic rings. The van der Waals surface area contributed by atoms with Crippen molar-refractivity contribution >= 4 is 107 Å². The van der Waals surface area contributed by atoms with Gasteiger partial charge in [-0.1, -0.05) is 44.9 Å². The zero-order valence-corrected chi connectivity index (χ0v) is 57.6. The summed E-state index contributed by atoms with van der Waals surface area (Å²) < 4.78 is 166. The van der Waals surface area contributed by atoms with Gasteiger partial charge in [-0.2, -0.15) is 50.9 Å². The number of methoxy groups -OCH3 is 3. The number of aromatic nitrogens is 8. The number of carboxylic acids is 1. The van der Waals surface area contributed by atoms with Crippen LogP contribution in [0.2, 0.25) is 0 Å². The maximum atomic E-state index is 14.5. The number of pyridine rings is 1. The third-order valence-electron chi connectivity index (χ3n) is 11.6. The Balaban J connectivity index is 0.000000278. The van der Waals surface area contributed by atoms with Crippen LogP contribution in [0.4, 0.5) is 50.4 Å². The largest absolute Gasteiger partial charge is 0.778 e. The number of ether oxygens (including phenoxy) is 4. The first-order valence-electron chi connectivity index (χ1n) is 27.1. The first-order chi connectivity index (χ1) is 44.6. The highest BCUT2D eigenvalue weighted by molar-refractivity contribution is 7.94. The standard InChI is InChI=1S/C18H17FN4O2S.C15H16F3N5O4S.C14H17N5O7S2.C3H8NO5P.C3H9S/c1-4-5-22-13-7-12(11(19)6-14(13)25-9-16(22)24)20-17-23-10-18(2,3)8-15(23)21-26-17;1-9-19-12(22-14(20-9)27-2)21-13(24)23-28(25,26)11-6-4-3-5-10(11)7-8-15(16,17)18;1-4-27(21,22)9-6-5-7-15-12(9)28(23,24)19-14(20)18-13-16-10(25-2)8-11(17-13)26-3;5-3(6)1-4-2-10(7,8)9;1-4(2)3/h1,6-7H,5,8-10H2,2-3H3;3-6H,7-8H2,1-2H3,(H2,19,20,21,22,23,24);5-8H,4H2,1-3H3,(H2,16,17,18,19,20);4H,1-2H2,(H,5,6)(H2,7,8,9);1-3H3/q;;;;+1/p-1/b20-17-;;;;. The second-order valence-corrected chi connectivity index (χ2v) is 30.8. The number of urea groups is 2. The minimum absolute atomic E-state index is 0.0612. The third kappa shape index (κ3) is 25.5. The maximum absolute atomic E-state index is 14.5. The maximum Gasteiger partial charge on any atom is 0.389 e. The summed E-state index contributed by atoms with van der Waals surface area (Å²) in [6.07, 6.45) is 6.99. The molecule has 43 heteroatoms. The topological polar surface area (TPSA) is 459 Å². The van der Waals surface area contributed by atoms with Crippen molar-refractivity contribution in [1.29, 1.82) is 0 Å². The molecule has 1 atom stereocenters. The Morgan fingerprint density at radius 1 is 0.906 bits per heavy atom. The normalized spacial score (nSPS) is 13.8. The second kappa shape index (κ2) is 34.8. The quantitative estimate of drug-likeness (QED) is 0.0265. The van der Waals surface area contributed by atoms with Gasteiger partial charge in [-0.25, -0.2) is 50.2 Å². The van der Waals surface area contributed by atoms with Crippen LogP contribution in [-0.2, 0) is 74.3 Å². The summed E-state index contributed by atoms with van der Waals surface area (Å²) in [4.78, 5) is 92.1. The summed E-state index contributed by atoms with van der Waals surface area (Å²) in [6, 6.07) is 9.04. The summed E-state index contributed by atoms with van der Waals surface area (Å²) in [5.41, 5.74) is 0.607. The summed E-state index contributed by atoms with van der Waals surface area (Å²) >= 11 is 1.24. The highest BCUT2D eigenvalue weighted by atomic mass is 32.2. The number of aliphatic carboxylic acids is 1.